The summed E-state index contributed by atoms with van der Waals surface area (Å²) in [6, 6.07) is 3.23. The quantitative estimate of drug-likeness (QED) is 0.412. The van der Waals surface area contributed by atoms with E-state index in [9.17, 15) is 0 Å². The predicted molar refractivity (Wildman–Crippen MR) is 111 cm³/mol. The Morgan fingerprint density at radius 2 is 1.30 bits per heavy atom. The van der Waals surface area contributed by atoms with Gasteiger partial charge in [0.25, 0.3) is 0 Å². The Bertz CT molecular complexity index is 605. The molecule has 0 bridgehead atoms. The van der Waals surface area contributed by atoms with Gasteiger partial charge in [-0.2, -0.15) is 0 Å². The minimum absolute atomic E-state index is 0.483. The molecule has 0 aliphatic carbocycles. The monoisotopic (exact) mass is 348 g/mol. The first-order chi connectivity index (χ1) is 10.6. The first-order valence-corrected chi connectivity index (χ1v) is 12.1. The molecule has 1 rings (SSSR count). The zero-order valence-corrected chi connectivity index (χ0v) is 17.9. The van der Waals surface area contributed by atoms with E-state index in [0.717, 1.165) is 12.3 Å². The van der Waals surface area contributed by atoms with E-state index >= 15 is 0 Å². The highest BCUT2D eigenvalue weighted by molar-refractivity contribution is 8.17. The maximum absolute atomic E-state index is 5.83. The van der Waals surface area contributed by atoms with Crippen molar-refractivity contribution in [2.75, 3.05) is 12.3 Å². The highest BCUT2D eigenvalue weighted by Gasteiger charge is 2.16. The molecule has 2 heteroatoms. The Kier molecular flexibility index (Phi) is 7.57. The van der Waals surface area contributed by atoms with Crippen molar-refractivity contribution < 1.29 is 0 Å². The van der Waals surface area contributed by atoms with Crippen LogP contribution < -0.4 is 0 Å². The van der Waals surface area contributed by atoms with Gasteiger partial charge in [0.2, 0.25) is 0 Å². The maximum atomic E-state index is 5.83. The second kappa shape index (κ2) is 8.50. The molecule has 1 aromatic carbocycles. The molecule has 23 heavy (non-hydrogen) atoms. The fourth-order valence-electron chi connectivity index (χ4n) is 2.64. The van der Waals surface area contributed by atoms with Gasteiger partial charge in [-0.1, -0.05) is 90.9 Å². The van der Waals surface area contributed by atoms with Crippen LogP contribution in [0.3, 0.4) is 0 Å². The second-order valence-electron chi connectivity index (χ2n) is 7.30. The van der Waals surface area contributed by atoms with Gasteiger partial charge in [-0.05, 0) is 46.8 Å². The van der Waals surface area contributed by atoms with E-state index in [-0.39, 0.29) is 0 Å². The lowest BCUT2D eigenvalue weighted by atomic mass is 9.85. The Morgan fingerprint density at radius 1 is 0.870 bits per heavy atom. The molecule has 0 atom stereocenters. The average Bonchev–Trinajstić information content (AvgIpc) is 2.51. The van der Waals surface area contributed by atoms with Gasteiger partial charge in [-0.25, -0.2) is 0 Å². The van der Waals surface area contributed by atoms with Crippen LogP contribution in [0, 0.1) is 11.6 Å². The standard InChI is InChI=1S/C21H33PS/c1-9-22(23,10-2)12-11-19-20(16(5)6)13-18(15(3)4)14-21(19)17(7)8/h13-17H,9-10H2,1-8H3. The van der Waals surface area contributed by atoms with Gasteiger partial charge in [0.15, 0.2) is 0 Å². The van der Waals surface area contributed by atoms with Gasteiger partial charge in [-0.15, -0.1) is 0 Å². The molecule has 0 unspecified atom stereocenters. The molecule has 0 nitrogen and oxygen atoms in total. The molecule has 128 valence electrons. The third kappa shape index (κ3) is 5.20. The molecule has 0 fully saturated rings. The van der Waals surface area contributed by atoms with Crippen LogP contribution in [0.15, 0.2) is 12.1 Å². The molecule has 0 aliphatic heterocycles. The van der Waals surface area contributed by atoms with Crippen molar-refractivity contribution in [2.24, 2.45) is 0 Å². The predicted octanol–water partition coefficient (Wildman–Crippen LogP) is 6.89. The highest BCUT2D eigenvalue weighted by Crippen LogP contribution is 2.44. The zero-order chi connectivity index (χ0) is 17.8. The largest absolute Gasteiger partial charge is 0.0837 e. The molecule has 0 aromatic heterocycles. The summed E-state index contributed by atoms with van der Waals surface area (Å²) in [5.74, 6) is 5.06. The van der Waals surface area contributed by atoms with E-state index in [1.165, 1.54) is 22.3 Å². The summed E-state index contributed by atoms with van der Waals surface area (Å²) >= 11 is 5.83. The molecule has 0 spiro atoms. The Morgan fingerprint density at radius 3 is 1.61 bits per heavy atom. The lowest BCUT2D eigenvalue weighted by molar-refractivity contribution is 0.800. The van der Waals surface area contributed by atoms with Crippen LogP contribution in [0.4, 0.5) is 0 Å². The Labute approximate surface area is 149 Å². The molecule has 0 aliphatic rings. The summed E-state index contributed by atoms with van der Waals surface area (Å²) in [4.78, 5) is 0. The van der Waals surface area contributed by atoms with Gasteiger partial charge < -0.3 is 0 Å². The minimum atomic E-state index is -1.51. The topological polar surface area (TPSA) is 0 Å². The van der Waals surface area contributed by atoms with E-state index in [1.54, 1.807) is 0 Å². The fourth-order valence-corrected chi connectivity index (χ4v) is 3.86. The van der Waals surface area contributed by atoms with Crippen molar-refractivity contribution in [3.8, 4) is 11.6 Å². The van der Waals surface area contributed by atoms with Crippen molar-refractivity contribution in [3.05, 3.63) is 34.4 Å². The van der Waals surface area contributed by atoms with Crippen LogP contribution in [-0.4, -0.2) is 12.3 Å². The summed E-state index contributed by atoms with van der Waals surface area (Å²) in [5, 5.41) is 0. The minimum Gasteiger partial charge on any atom is -0.0837 e. The third-order valence-electron chi connectivity index (χ3n) is 4.54. The van der Waals surface area contributed by atoms with Crippen molar-refractivity contribution in [1.29, 1.82) is 0 Å². The molecule has 0 heterocycles. The van der Waals surface area contributed by atoms with Gasteiger partial charge in [0.1, 0.15) is 0 Å². The molecule has 0 saturated carbocycles. The van der Waals surface area contributed by atoms with Gasteiger partial charge in [0.05, 0.1) is 0 Å². The summed E-state index contributed by atoms with van der Waals surface area (Å²) in [6.07, 6.45) is 2.06. The third-order valence-corrected chi connectivity index (χ3v) is 8.92. The number of hydrogen-bond donors (Lipinski definition) is 0. The van der Waals surface area contributed by atoms with Crippen LogP contribution in [0.25, 0.3) is 0 Å². The Hall–Kier alpha value is -0.570. The maximum Gasteiger partial charge on any atom is 0.0318 e. The van der Waals surface area contributed by atoms with E-state index in [4.69, 9.17) is 11.8 Å². The van der Waals surface area contributed by atoms with Crippen LogP contribution in [0.2, 0.25) is 0 Å². The van der Waals surface area contributed by atoms with E-state index < -0.39 is 6.04 Å². The SMILES string of the molecule is CCP(=S)(C#Cc1c(C(C)C)cc(C(C)C)cc1C(C)C)CC. The summed E-state index contributed by atoms with van der Waals surface area (Å²) in [5.41, 5.74) is 8.98. The second-order valence-corrected chi connectivity index (χ2v) is 12.7. The van der Waals surface area contributed by atoms with E-state index in [1.807, 2.05) is 0 Å². The van der Waals surface area contributed by atoms with Crippen LogP contribution in [0.1, 0.15) is 95.4 Å². The lowest BCUT2D eigenvalue weighted by Crippen LogP contribution is -2.04. The molecule has 0 N–H and O–H groups in total. The summed E-state index contributed by atoms with van der Waals surface area (Å²) < 4.78 is 0. The lowest BCUT2D eigenvalue weighted by Gasteiger charge is -2.20. The molecule has 0 saturated heterocycles. The van der Waals surface area contributed by atoms with Crippen molar-refractivity contribution in [2.45, 2.75) is 73.1 Å². The van der Waals surface area contributed by atoms with Crippen molar-refractivity contribution in [1.82, 2.24) is 0 Å². The van der Waals surface area contributed by atoms with Crippen LogP contribution in [-0.2, 0) is 11.8 Å². The first kappa shape index (κ1) is 20.5. The van der Waals surface area contributed by atoms with Gasteiger partial charge >= 0.3 is 0 Å². The molecule has 1 aromatic rings. The molecule has 0 amide bonds. The highest BCUT2D eigenvalue weighted by atomic mass is 32.4. The van der Waals surface area contributed by atoms with E-state index in [2.05, 4.69) is 79.1 Å². The molecular weight excluding hydrogens is 315 g/mol. The summed E-state index contributed by atoms with van der Waals surface area (Å²) in [6.45, 7) is 18.0. The summed E-state index contributed by atoms with van der Waals surface area (Å²) in [7, 11) is 0. The number of rotatable bonds is 5. The molecule has 0 radical (unpaired) electrons. The van der Waals surface area contributed by atoms with Gasteiger partial charge in [0, 0.05) is 11.6 Å². The normalized spacial score (nSPS) is 12.0. The van der Waals surface area contributed by atoms with Crippen molar-refractivity contribution >= 4 is 17.8 Å². The zero-order valence-electron chi connectivity index (χ0n) is 16.2. The van der Waals surface area contributed by atoms with Gasteiger partial charge in [-0.3, -0.25) is 0 Å². The van der Waals surface area contributed by atoms with Crippen molar-refractivity contribution in [3.63, 3.8) is 0 Å². The number of hydrogen-bond acceptors (Lipinski definition) is 1. The number of benzene rings is 1. The fraction of sp³-hybridized carbons (Fsp3) is 0.619. The first-order valence-electron chi connectivity index (χ1n) is 8.94. The average molecular weight is 349 g/mol. The Balaban J connectivity index is 3.63. The van der Waals surface area contributed by atoms with E-state index in [0.29, 0.717) is 17.8 Å². The molecular formula is C21H33PS. The smallest absolute Gasteiger partial charge is 0.0318 e. The van der Waals surface area contributed by atoms with Crippen LogP contribution in [0.5, 0.6) is 0 Å². The van der Waals surface area contributed by atoms with Crippen LogP contribution >= 0.6 is 6.04 Å².